The fourth-order valence-corrected chi connectivity index (χ4v) is 4.76. The van der Waals surface area contributed by atoms with Gasteiger partial charge in [0.25, 0.3) is 0 Å². The molecule has 1 fully saturated rings. The highest BCUT2D eigenvalue weighted by Gasteiger charge is 2.32. The van der Waals surface area contributed by atoms with E-state index in [0.29, 0.717) is 21.3 Å². The second-order valence-electron chi connectivity index (χ2n) is 8.17. The van der Waals surface area contributed by atoms with E-state index in [1.807, 2.05) is 54.6 Å². The zero-order valence-electron chi connectivity index (χ0n) is 18.2. The summed E-state index contributed by atoms with van der Waals surface area (Å²) < 4.78 is 0. The van der Waals surface area contributed by atoms with E-state index >= 15 is 0 Å². The van der Waals surface area contributed by atoms with E-state index < -0.39 is 5.91 Å². The highest BCUT2D eigenvalue weighted by molar-refractivity contribution is 6.33. The Bertz CT molecular complexity index is 1190. The lowest BCUT2D eigenvalue weighted by atomic mass is 9.98. The summed E-state index contributed by atoms with van der Waals surface area (Å²) >= 11 is 12.8. The van der Waals surface area contributed by atoms with Gasteiger partial charge in [0, 0.05) is 36.3 Å². The van der Waals surface area contributed by atoms with Crippen molar-refractivity contribution in [2.24, 2.45) is 5.73 Å². The molecule has 2 N–H and O–H groups in total. The number of primary amides is 1. The van der Waals surface area contributed by atoms with Crippen molar-refractivity contribution in [2.45, 2.75) is 19.0 Å². The van der Waals surface area contributed by atoms with Crippen LogP contribution in [-0.4, -0.2) is 30.4 Å². The monoisotopic (exact) mass is 478 g/mol. The molecule has 7 heteroatoms. The van der Waals surface area contributed by atoms with Crippen LogP contribution in [0.5, 0.6) is 0 Å². The Morgan fingerprint density at radius 1 is 1.06 bits per heavy atom. The highest BCUT2D eigenvalue weighted by atomic mass is 35.5. The molecule has 1 aliphatic rings. The lowest BCUT2D eigenvalue weighted by Crippen LogP contribution is -2.49. The van der Waals surface area contributed by atoms with Crippen molar-refractivity contribution >= 4 is 40.5 Å². The maximum absolute atomic E-state index is 11.6. The summed E-state index contributed by atoms with van der Waals surface area (Å²) in [6.45, 7) is 11.7. The Labute approximate surface area is 204 Å². The van der Waals surface area contributed by atoms with Gasteiger partial charge >= 0.3 is 0 Å². The summed E-state index contributed by atoms with van der Waals surface area (Å²) in [6.07, 6.45) is 0. The second kappa shape index (κ2) is 9.84. The minimum Gasteiger partial charge on any atom is -0.366 e. The van der Waals surface area contributed by atoms with Crippen LogP contribution in [0, 0.1) is 6.57 Å². The maximum Gasteiger partial charge on any atom is 0.248 e. The van der Waals surface area contributed by atoms with Gasteiger partial charge in [-0.3, -0.25) is 9.69 Å². The van der Waals surface area contributed by atoms with E-state index in [0.717, 1.165) is 30.9 Å². The van der Waals surface area contributed by atoms with Crippen LogP contribution in [0.3, 0.4) is 0 Å². The summed E-state index contributed by atoms with van der Waals surface area (Å²) in [5.74, 6) is -0.499. The topological polar surface area (TPSA) is 53.9 Å². The first-order valence-electron chi connectivity index (χ1n) is 10.7. The van der Waals surface area contributed by atoms with Gasteiger partial charge in [-0.1, -0.05) is 59.6 Å². The molecule has 1 amide bonds. The van der Waals surface area contributed by atoms with Crippen LogP contribution in [-0.2, 0) is 0 Å². The van der Waals surface area contributed by atoms with Gasteiger partial charge in [-0.05, 0) is 48.4 Å². The third-order valence-electron chi connectivity index (χ3n) is 6.26. The van der Waals surface area contributed by atoms with Crippen LogP contribution in [0.25, 0.3) is 4.85 Å². The van der Waals surface area contributed by atoms with Gasteiger partial charge in [0.05, 0.1) is 23.3 Å². The van der Waals surface area contributed by atoms with Crippen molar-refractivity contribution in [3.63, 3.8) is 0 Å². The van der Waals surface area contributed by atoms with Gasteiger partial charge in [0.2, 0.25) is 5.91 Å². The fraction of sp³-hybridized carbons (Fsp3) is 0.231. The summed E-state index contributed by atoms with van der Waals surface area (Å²) in [5, 5.41) is 1.19. The highest BCUT2D eigenvalue weighted by Crippen LogP contribution is 2.38. The molecule has 0 spiro atoms. The molecule has 1 aliphatic heterocycles. The molecule has 4 rings (SSSR count). The number of carbonyl (C=O) groups is 1. The largest absolute Gasteiger partial charge is 0.366 e. The Balaban J connectivity index is 1.65. The molecule has 1 saturated heterocycles. The van der Waals surface area contributed by atoms with Crippen molar-refractivity contribution in [2.75, 3.05) is 24.5 Å². The lowest BCUT2D eigenvalue weighted by molar-refractivity contribution is 0.100. The number of nitrogens with zero attached hydrogens (tertiary/aromatic N) is 3. The van der Waals surface area contributed by atoms with Crippen LogP contribution >= 0.6 is 23.2 Å². The zero-order chi connectivity index (χ0) is 23.5. The Morgan fingerprint density at radius 2 is 1.76 bits per heavy atom. The lowest BCUT2D eigenvalue weighted by Gasteiger charge is -2.45. The standard InChI is InChI=1S/C26H24Cl2N4O/c1-17(18-5-10-22(30-2)11-6-18)31-13-14-32(24-12-7-20(26(29)33)15-23(24)28)25(16-31)19-3-8-21(27)9-4-19/h3-12,15,17,25H,13-14,16H2,1H3,(H2,29,33)/t17-,25+/m1/s1. The molecule has 1 heterocycles. The first-order chi connectivity index (χ1) is 15.9. The minimum atomic E-state index is -0.499. The Kier molecular flexibility index (Phi) is 6.90. The molecular weight excluding hydrogens is 455 g/mol. The molecule has 2 atom stereocenters. The van der Waals surface area contributed by atoms with Gasteiger partial charge in [0.15, 0.2) is 5.69 Å². The molecule has 3 aromatic rings. The first-order valence-corrected chi connectivity index (χ1v) is 11.5. The number of anilines is 1. The van der Waals surface area contributed by atoms with E-state index in [-0.39, 0.29) is 12.1 Å². The number of hydrogen-bond acceptors (Lipinski definition) is 3. The molecular formula is C26H24Cl2N4O. The summed E-state index contributed by atoms with van der Waals surface area (Å²) in [7, 11) is 0. The molecule has 33 heavy (non-hydrogen) atoms. The molecule has 0 unspecified atom stereocenters. The fourth-order valence-electron chi connectivity index (χ4n) is 4.35. The summed E-state index contributed by atoms with van der Waals surface area (Å²) in [4.78, 5) is 19.8. The van der Waals surface area contributed by atoms with Crippen molar-refractivity contribution in [1.82, 2.24) is 4.90 Å². The van der Waals surface area contributed by atoms with Crippen LogP contribution in [0.1, 0.15) is 40.5 Å². The third kappa shape index (κ3) is 4.99. The number of hydrogen-bond donors (Lipinski definition) is 1. The van der Waals surface area contributed by atoms with Gasteiger partial charge < -0.3 is 10.6 Å². The quantitative estimate of drug-likeness (QED) is 0.439. The van der Waals surface area contributed by atoms with Crippen LogP contribution in [0.2, 0.25) is 10.0 Å². The number of carbonyl (C=O) groups excluding carboxylic acids is 1. The van der Waals surface area contributed by atoms with Gasteiger partial charge in [-0.25, -0.2) is 4.85 Å². The van der Waals surface area contributed by atoms with Crippen molar-refractivity contribution in [1.29, 1.82) is 0 Å². The zero-order valence-corrected chi connectivity index (χ0v) is 19.7. The van der Waals surface area contributed by atoms with Crippen LogP contribution < -0.4 is 10.6 Å². The average Bonchev–Trinajstić information content (AvgIpc) is 2.84. The predicted octanol–water partition coefficient (Wildman–Crippen LogP) is 6.27. The molecule has 0 radical (unpaired) electrons. The van der Waals surface area contributed by atoms with Crippen molar-refractivity contribution in [3.05, 3.63) is 105 Å². The molecule has 0 aromatic heterocycles. The Morgan fingerprint density at radius 3 is 2.36 bits per heavy atom. The molecule has 3 aromatic carbocycles. The number of benzene rings is 3. The van der Waals surface area contributed by atoms with Crippen molar-refractivity contribution < 1.29 is 4.79 Å². The molecule has 168 valence electrons. The normalized spacial score (nSPS) is 17.4. The molecule has 0 aliphatic carbocycles. The number of nitrogens with two attached hydrogens (primary N) is 1. The van der Waals surface area contributed by atoms with E-state index in [4.69, 9.17) is 35.5 Å². The van der Waals surface area contributed by atoms with Gasteiger partial charge in [-0.2, -0.15) is 0 Å². The number of rotatable bonds is 5. The van der Waals surface area contributed by atoms with E-state index in [1.54, 1.807) is 12.1 Å². The van der Waals surface area contributed by atoms with Crippen LogP contribution in [0.4, 0.5) is 11.4 Å². The van der Waals surface area contributed by atoms with E-state index in [2.05, 4.69) is 21.6 Å². The number of piperazine rings is 1. The van der Waals surface area contributed by atoms with Crippen molar-refractivity contribution in [3.8, 4) is 0 Å². The second-order valence-corrected chi connectivity index (χ2v) is 9.01. The first kappa shape index (κ1) is 23.1. The van der Waals surface area contributed by atoms with E-state index in [1.165, 1.54) is 5.56 Å². The number of halogens is 2. The SMILES string of the molecule is [C-]#[N+]c1ccc([C@@H](C)N2CCN(c3ccc(C(N)=O)cc3Cl)[C@H](c3ccc(Cl)cc3)C2)cc1. The Hall–Kier alpha value is -3.04. The minimum absolute atomic E-state index is 0.0397. The molecule has 0 bridgehead atoms. The molecule has 0 saturated carbocycles. The predicted molar refractivity (Wildman–Crippen MR) is 134 cm³/mol. The third-order valence-corrected chi connectivity index (χ3v) is 6.82. The average molecular weight is 479 g/mol. The summed E-state index contributed by atoms with van der Waals surface area (Å²) in [5.41, 5.74) is 9.64. The molecule has 5 nitrogen and oxygen atoms in total. The van der Waals surface area contributed by atoms with E-state index in [9.17, 15) is 4.79 Å². The smallest absolute Gasteiger partial charge is 0.248 e. The van der Waals surface area contributed by atoms with Crippen LogP contribution in [0.15, 0.2) is 66.7 Å². The van der Waals surface area contributed by atoms with Gasteiger partial charge in [-0.15, -0.1) is 0 Å². The maximum atomic E-state index is 11.6. The summed E-state index contributed by atoms with van der Waals surface area (Å²) in [6, 6.07) is 21.1. The van der Waals surface area contributed by atoms with Gasteiger partial charge in [0.1, 0.15) is 0 Å². The number of amides is 1.